The number of likely N-dealkylation sites (N-methyl/N-ethyl adjacent to an activating group) is 1. The Balaban J connectivity index is 1.47. The molecule has 0 spiro atoms. The smallest absolute Gasteiger partial charge is 0.286 e. The van der Waals surface area contributed by atoms with E-state index in [0.29, 0.717) is 19.0 Å². The number of rotatable bonds is 7. The Bertz CT molecular complexity index is 1000. The molecular weight excluding hydrogens is 380 g/mol. The Morgan fingerprint density at radius 2 is 1.97 bits per heavy atom. The Hall–Kier alpha value is -3.09. The molecule has 1 aromatic carbocycles. The molecule has 1 N–H and O–H groups in total. The molecule has 0 radical (unpaired) electrons. The topological polar surface area (TPSA) is 80.4 Å². The highest BCUT2D eigenvalue weighted by Gasteiger charge is 2.23. The lowest BCUT2D eigenvalue weighted by molar-refractivity contribution is -0.133. The standard InChI is InChI=1S/C23H28N4O3/c1-26(17-8-3-2-4-9-17)22(28)16-27-19-11-6-5-10-18(19)25-21(27)13-14-24-23(29)20-12-7-15-30-20/h5-7,10-12,15,17H,2-4,8-9,13-14,16H2,1H3,(H,24,29). The molecule has 2 amide bonds. The molecule has 2 heterocycles. The Kier molecular flexibility index (Phi) is 6.16. The summed E-state index contributed by atoms with van der Waals surface area (Å²) in [6.45, 7) is 0.671. The fourth-order valence-electron chi connectivity index (χ4n) is 4.19. The molecule has 1 saturated carbocycles. The Labute approximate surface area is 176 Å². The van der Waals surface area contributed by atoms with E-state index in [-0.39, 0.29) is 24.1 Å². The molecule has 0 unspecified atom stereocenters. The van der Waals surface area contributed by atoms with Crippen molar-refractivity contribution in [1.29, 1.82) is 0 Å². The van der Waals surface area contributed by atoms with Crippen molar-refractivity contribution in [1.82, 2.24) is 19.8 Å². The van der Waals surface area contributed by atoms with E-state index in [9.17, 15) is 9.59 Å². The van der Waals surface area contributed by atoms with E-state index in [4.69, 9.17) is 9.40 Å². The van der Waals surface area contributed by atoms with Crippen LogP contribution >= 0.6 is 0 Å². The highest BCUT2D eigenvalue weighted by atomic mass is 16.3. The number of carbonyl (C=O) groups is 2. The lowest BCUT2D eigenvalue weighted by atomic mass is 9.94. The number of furan rings is 1. The molecule has 0 atom stereocenters. The first-order chi connectivity index (χ1) is 14.6. The molecule has 2 aromatic heterocycles. The number of nitrogens with one attached hydrogen (secondary N) is 1. The van der Waals surface area contributed by atoms with Crippen LogP contribution in [0.15, 0.2) is 47.1 Å². The van der Waals surface area contributed by atoms with Crippen molar-refractivity contribution in [3.8, 4) is 0 Å². The zero-order chi connectivity index (χ0) is 20.9. The lowest BCUT2D eigenvalue weighted by Crippen LogP contribution is -2.40. The van der Waals surface area contributed by atoms with Gasteiger partial charge in [0.1, 0.15) is 12.4 Å². The van der Waals surface area contributed by atoms with Crippen molar-refractivity contribution in [2.24, 2.45) is 0 Å². The van der Waals surface area contributed by atoms with Crippen LogP contribution in [-0.4, -0.2) is 45.9 Å². The number of hydrogen-bond acceptors (Lipinski definition) is 4. The predicted molar refractivity (Wildman–Crippen MR) is 114 cm³/mol. The van der Waals surface area contributed by atoms with E-state index in [2.05, 4.69) is 5.32 Å². The van der Waals surface area contributed by atoms with Gasteiger partial charge in [0.25, 0.3) is 5.91 Å². The molecular formula is C23H28N4O3. The molecule has 7 nitrogen and oxygen atoms in total. The van der Waals surface area contributed by atoms with Gasteiger partial charge >= 0.3 is 0 Å². The summed E-state index contributed by atoms with van der Waals surface area (Å²) >= 11 is 0. The highest BCUT2D eigenvalue weighted by Crippen LogP contribution is 2.23. The maximum absolute atomic E-state index is 13.0. The first kappa shape index (κ1) is 20.2. The van der Waals surface area contributed by atoms with Crippen molar-refractivity contribution < 1.29 is 14.0 Å². The Morgan fingerprint density at radius 3 is 2.73 bits per heavy atom. The molecule has 0 bridgehead atoms. The number of imidazole rings is 1. The van der Waals surface area contributed by atoms with Crippen LogP contribution in [0.4, 0.5) is 0 Å². The molecule has 30 heavy (non-hydrogen) atoms. The largest absolute Gasteiger partial charge is 0.459 e. The van der Waals surface area contributed by atoms with Crippen LogP contribution in [0.2, 0.25) is 0 Å². The van der Waals surface area contributed by atoms with Crippen LogP contribution in [0.5, 0.6) is 0 Å². The number of fused-ring (bicyclic) bond motifs is 1. The maximum atomic E-state index is 13.0. The number of nitrogens with zero attached hydrogens (tertiary/aromatic N) is 3. The van der Waals surface area contributed by atoms with Gasteiger partial charge in [-0.05, 0) is 37.1 Å². The first-order valence-corrected chi connectivity index (χ1v) is 10.6. The van der Waals surface area contributed by atoms with Crippen LogP contribution in [0, 0.1) is 0 Å². The molecule has 0 aliphatic heterocycles. The van der Waals surface area contributed by atoms with Gasteiger partial charge in [0, 0.05) is 26.1 Å². The van der Waals surface area contributed by atoms with Crippen molar-refractivity contribution >= 4 is 22.8 Å². The minimum absolute atomic E-state index is 0.103. The van der Waals surface area contributed by atoms with E-state index in [0.717, 1.165) is 29.7 Å². The number of benzene rings is 1. The van der Waals surface area contributed by atoms with Crippen LogP contribution in [-0.2, 0) is 17.8 Å². The molecule has 3 aromatic rings. The summed E-state index contributed by atoms with van der Waals surface area (Å²) in [5.41, 5.74) is 1.80. The third kappa shape index (κ3) is 4.40. The first-order valence-electron chi connectivity index (χ1n) is 10.6. The minimum atomic E-state index is -0.254. The predicted octanol–water partition coefficient (Wildman–Crippen LogP) is 3.39. The van der Waals surface area contributed by atoms with E-state index in [1.165, 1.54) is 25.5 Å². The van der Waals surface area contributed by atoms with E-state index < -0.39 is 0 Å². The lowest BCUT2D eigenvalue weighted by Gasteiger charge is -2.31. The van der Waals surface area contributed by atoms with Crippen molar-refractivity contribution in [3.05, 3.63) is 54.2 Å². The van der Waals surface area contributed by atoms with Gasteiger partial charge in [-0.2, -0.15) is 0 Å². The average Bonchev–Trinajstić information content (AvgIpc) is 3.43. The fraction of sp³-hybridized carbons (Fsp3) is 0.435. The summed E-state index contributed by atoms with van der Waals surface area (Å²) in [6, 6.07) is 11.5. The SMILES string of the molecule is CN(C(=O)Cn1c(CCNC(=O)c2ccco2)nc2ccccc21)C1CCCCC1. The van der Waals surface area contributed by atoms with Gasteiger partial charge in [0.15, 0.2) is 5.76 Å². The van der Waals surface area contributed by atoms with Crippen molar-refractivity contribution in [2.75, 3.05) is 13.6 Å². The summed E-state index contributed by atoms with van der Waals surface area (Å²) in [4.78, 5) is 31.8. The van der Waals surface area contributed by atoms with Gasteiger partial charge in [0.05, 0.1) is 17.3 Å². The zero-order valence-electron chi connectivity index (χ0n) is 17.3. The van der Waals surface area contributed by atoms with E-state index >= 15 is 0 Å². The van der Waals surface area contributed by atoms with E-state index in [1.54, 1.807) is 12.1 Å². The summed E-state index contributed by atoms with van der Waals surface area (Å²) in [5.74, 6) is 0.927. The minimum Gasteiger partial charge on any atom is -0.459 e. The molecule has 7 heteroatoms. The third-order valence-electron chi connectivity index (χ3n) is 5.92. The number of hydrogen-bond donors (Lipinski definition) is 1. The fourth-order valence-corrected chi connectivity index (χ4v) is 4.19. The summed E-state index contributed by atoms with van der Waals surface area (Å²) in [5, 5.41) is 2.85. The average molecular weight is 409 g/mol. The summed E-state index contributed by atoms with van der Waals surface area (Å²) in [6.07, 6.45) is 7.81. The monoisotopic (exact) mass is 408 g/mol. The quantitative estimate of drug-likeness (QED) is 0.650. The van der Waals surface area contributed by atoms with Crippen LogP contribution in [0.3, 0.4) is 0 Å². The number of aromatic nitrogens is 2. The van der Waals surface area contributed by atoms with Gasteiger partial charge < -0.3 is 19.2 Å². The second kappa shape index (κ2) is 9.15. The zero-order valence-corrected chi connectivity index (χ0v) is 17.3. The van der Waals surface area contributed by atoms with E-state index in [1.807, 2.05) is 40.8 Å². The summed E-state index contributed by atoms with van der Waals surface area (Å²) in [7, 11) is 1.92. The van der Waals surface area contributed by atoms with Crippen LogP contribution in [0.1, 0.15) is 48.5 Å². The number of amides is 2. The highest BCUT2D eigenvalue weighted by molar-refractivity contribution is 5.91. The number of carbonyl (C=O) groups excluding carboxylic acids is 2. The van der Waals surface area contributed by atoms with Gasteiger partial charge in [-0.15, -0.1) is 0 Å². The maximum Gasteiger partial charge on any atom is 0.286 e. The Morgan fingerprint density at radius 1 is 1.17 bits per heavy atom. The summed E-state index contributed by atoms with van der Waals surface area (Å²) < 4.78 is 7.11. The van der Waals surface area contributed by atoms with Crippen LogP contribution in [0.25, 0.3) is 11.0 Å². The molecule has 1 aliphatic rings. The van der Waals surface area contributed by atoms with Crippen molar-refractivity contribution in [3.63, 3.8) is 0 Å². The van der Waals surface area contributed by atoms with Crippen LogP contribution < -0.4 is 5.32 Å². The van der Waals surface area contributed by atoms with Gasteiger partial charge in [-0.25, -0.2) is 4.98 Å². The molecule has 4 rings (SSSR count). The number of para-hydroxylation sites is 2. The molecule has 1 aliphatic carbocycles. The van der Waals surface area contributed by atoms with Crippen molar-refractivity contribution in [2.45, 2.75) is 51.1 Å². The second-order valence-corrected chi connectivity index (χ2v) is 7.88. The van der Waals surface area contributed by atoms with Gasteiger partial charge in [-0.3, -0.25) is 9.59 Å². The normalized spacial score (nSPS) is 14.7. The molecule has 1 fully saturated rings. The molecule has 158 valence electrons. The van der Waals surface area contributed by atoms with Gasteiger partial charge in [0.2, 0.25) is 5.91 Å². The molecule has 0 saturated heterocycles. The van der Waals surface area contributed by atoms with Gasteiger partial charge in [-0.1, -0.05) is 31.4 Å². The second-order valence-electron chi connectivity index (χ2n) is 7.88. The third-order valence-corrected chi connectivity index (χ3v) is 5.92.